The topological polar surface area (TPSA) is 85.4 Å². The van der Waals surface area contributed by atoms with Gasteiger partial charge >= 0.3 is 5.69 Å². The number of carbonyl (C=O) groups excluding carboxylic acids is 1. The molecule has 4 rings (SSSR count). The molecule has 9 heteroatoms. The molecular weight excluding hydrogens is 408 g/mol. The zero-order valence-corrected chi connectivity index (χ0v) is 19.1. The number of rotatable bonds is 5. The summed E-state index contributed by atoms with van der Waals surface area (Å²) in [5.74, 6) is 0.470. The predicted octanol–water partition coefficient (Wildman–Crippen LogP) is 0.902. The highest BCUT2D eigenvalue weighted by Gasteiger charge is 2.23. The summed E-state index contributed by atoms with van der Waals surface area (Å²) in [6.45, 7) is 8.18. The third-order valence-corrected chi connectivity index (χ3v) is 6.30. The Morgan fingerprint density at radius 1 is 1.00 bits per heavy atom. The third-order valence-electron chi connectivity index (χ3n) is 6.30. The van der Waals surface area contributed by atoms with Gasteiger partial charge in [-0.1, -0.05) is 38.1 Å². The fourth-order valence-electron chi connectivity index (χ4n) is 4.18. The summed E-state index contributed by atoms with van der Waals surface area (Å²) in [6.07, 6.45) is 1.46. The maximum absolute atomic E-state index is 12.9. The van der Waals surface area contributed by atoms with Crippen LogP contribution in [0.4, 0.5) is 0 Å². The van der Waals surface area contributed by atoms with Crippen molar-refractivity contribution < 1.29 is 4.79 Å². The Morgan fingerprint density at radius 2 is 1.66 bits per heavy atom. The molecule has 1 fully saturated rings. The van der Waals surface area contributed by atoms with Crippen molar-refractivity contribution in [3.05, 3.63) is 62.6 Å². The van der Waals surface area contributed by atoms with E-state index in [0.29, 0.717) is 24.7 Å². The molecule has 1 amide bonds. The maximum atomic E-state index is 12.9. The van der Waals surface area contributed by atoms with Crippen molar-refractivity contribution in [1.82, 2.24) is 28.5 Å². The smallest absolute Gasteiger partial charge is 0.332 e. The van der Waals surface area contributed by atoms with Crippen molar-refractivity contribution in [2.75, 3.05) is 26.2 Å². The van der Waals surface area contributed by atoms with Crippen LogP contribution in [-0.4, -0.2) is 60.6 Å². The first-order valence-electron chi connectivity index (χ1n) is 11.0. The quantitative estimate of drug-likeness (QED) is 0.591. The van der Waals surface area contributed by atoms with Crippen molar-refractivity contribution in [1.29, 1.82) is 0 Å². The Balaban J connectivity index is 1.39. The minimum Gasteiger partial charge on any atom is -0.339 e. The van der Waals surface area contributed by atoms with E-state index in [9.17, 15) is 14.4 Å². The van der Waals surface area contributed by atoms with Crippen LogP contribution in [0.2, 0.25) is 0 Å². The molecule has 0 radical (unpaired) electrons. The standard InChI is InChI=1S/C23H30N6O3/c1-16(2)18-7-5-17(6-8-18)13-27-9-11-28(12-10-27)19(30)14-29-15-24-21-20(29)22(31)26(4)23(32)25(21)3/h5-8,15-16H,9-14H2,1-4H3. The SMILES string of the molecule is CC(C)c1ccc(CN2CCN(C(=O)Cn3cnc4c3c(=O)n(C)c(=O)n4C)CC2)cc1. The molecule has 1 aliphatic rings. The van der Waals surface area contributed by atoms with E-state index in [1.807, 2.05) is 4.90 Å². The predicted molar refractivity (Wildman–Crippen MR) is 123 cm³/mol. The Kier molecular flexibility index (Phi) is 6.01. The van der Waals surface area contributed by atoms with Gasteiger partial charge in [0.15, 0.2) is 11.2 Å². The molecular formula is C23H30N6O3. The largest absolute Gasteiger partial charge is 0.339 e. The van der Waals surface area contributed by atoms with Gasteiger partial charge in [0.05, 0.1) is 6.33 Å². The van der Waals surface area contributed by atoms with Crippen LogP contribution in [0.3, 0.4) is 0 Å². The molecule has 0 N–H and O–H groups in total. The molecule has 1 aromatic carbocycles. The Bertz CT molecular complexity index is 1240. The lowest BCUT2D eigenvalue weighted by atomic mass is 10.0. The minimum atomic E-state index is -0.443. The highest BCUT2D eigenvalue weighted by Crippen LogP contribution is 2.16. The zero-order valence-electron chi connectivity index (χ0n) is 19.1. The maximum Gasteiger partial charge on any atom is 0.332 e. The van der Waals surface area contributed by atoms with Crippen LogP contribution < -0.4 is 11.2 Å². The number of carbonyl (C=O) groups is 1. The molecule has 9 nitrogen and oxygen atoms in total. The van der Waals surface area contributed by atoms with E-state index in [-0.39, 0.29) is 18.0 Å². The van der Waals surface area contributed by atoms with Crippen molar-refractivity contribution in [3.63, 3.8) is 0 Å². The first kappa shape index (κ1) is 22.0. The lowest BCUT2D eigenvalue weighted by Crippen LogP contribution is -2.49. The van der Waals surface area contributed by atoms with E-state index in [4.69, 9.17) is 0 Å². The molecule has 3 heterocycles. The summed E-state index contributed by atoms with van der Waals surface area (Å²) in [7, 11) is 3.00. The van der Waals surface area contributed by atoms with Crippen LogP contribution in [0.1, 0.15) is 30.9 Å². The van der Waals surface area contributed by atoms with Gasteiger partial charge in [0.1, 0.15) is 6.54 Å². The Hall–Kier alpha value is -3.20. The van der Waals surface area contributed by atoms with Crippen LogP contribution in [-0.2, 0) is 32.0 Å². The number of nitrogens with zero attached hydrogens (tertiary/aromatic N) is 6. The summed E-state index contributed by atoms with van der Waals surface area (Å²) < 4.78 is 3.91. The second-order valence-electron chi connectivity index (χ2n) is 8.80. The highest BCUT2D eigenvalue weighted by molar-refractivity contribution is 5.79. The second-order valence-corrected chi connectivity index (χ2v) is 8.80. The van der Waals surface area contributed by atoms with Gasteiger partial charge in [-0.05, 0) is 17.0 Å². The van der Waals surface area contributed by atoms with Crippen molar-refractivity contribution in [3.8, 4) is 0 Å². The first-order chi connectivity index (χ1) is 15.3. The zero-order chi connectivity index (χ0) is 23.0. The van der Waals surface area contributed by atoms with Crippen molar-refractivity contribution in [2.45, 2.75) is 32.9 Å². The second kappa shape index (κ2) is 8.74. The number of aromatic nitrogens is 4. The van der Waals surface area contributed by atoms with Crippen LogP contribution in [0, 0.1) is 0 Å². The monoisotopic (exact) mass is 438 g/mol. The van der Waals surface area contributed by atoms with Gasteiger partial charge in [0.25, 0.3) is 5.56 Å². The van der Waals surface area contributed by atoms with Gasteiger partial charge in [0, 0.05) is 46.8 Å². The lowest BCUT2D eigenvalue weighted by molar-refractivity contribution is -0.133. The van der Waals surface area contributed by atoms with Crippen LogP contribution in [0.15, 0.2) is 40.2 Å². The summed E-state index contributed by atoms with van der Waals surface area (Å²) in [5.41, 5.74) is 2.30. The molecule has 0 bridgehead atoms. The molecule has 0 aliphatic carbocycles. The van der Waals surface area contributed by atoms with E-state index in [2.05, 4.69) is 48.0 Å². The number of hydrogen-bond acceptors (Lipinski definition) is 5. The molecule has 0 atom stereocenters. The van der Waals surface area contributed by atoms with Crippen LogP contribution >= 0.6 is 0 Å². The average Bonchev–Trinajstić information content (AvgIpc) is 3.20. The molecule has 1 aliphatic heterocycles. The molecule has 0 unspecified atom stereocenters. The van der Waals surface area contributed by atoms with Crippen molar-refractivity contribution in [2.24, 2.45) is 14.1 Å². The average molecular weight is 439 g/mol. The van der Waals surface area contributed by atoms with Crippen molar-refractivity contribution >= 4 is 17.1 Å². The fourth-order valence-corrected chi connectivity index (χ4v) is 4.18. The van der Waals surface area contributed by atoms with Gasteiger partial charge in [-0.25, -0.2) is 9.78 Å². The molecule has 3 aromatic rings. The number of aryl methyl sites for hydroxylation is 1. The summed E-state index contributed by atoms with van der Waals surface area (Å²) in [6, 6.07) is 8.75. The summed E-state index contributed by atoms with van der Waals surface area (Å²) in [4.78, 5) is 45.9. The molecule has 1 saturated heterocycles. The molecule has 170 valence electrons. The summed E-state index contributed by atoms with van der Waals surface area (Å²) >= 11 is 0. The van der Waals surface area contributed by atoms with Gasteiger partial charge < -0.3 is 9.47 Å². The Morgan fingerprint density at radius 3 is 2.28 bits per heavy atom. The first-order valence-corrected chi connectivity index (χ1v) is 11.0. The number of piperazine rings is 1. The van der Waals surface area contributed by atoms with E-state index in [1.54, 1.807) is 11.6 Å². The number of benzene rings is 1. The molecule has 2 aromatic heterocycles. The molecule has 0 spiro atoms. The lowest BCUT2D eigenvalue weighted by Gasteiger charge is -2.35. The van der Waals surface area contributed by atoms with Gasteiger partial charge in [-0.2, -0.15) is 0 Å². The summed E-state index contributed by atoms with van der Waals surface area (Å²) in [5, 5.41) is 0. The number of imidazole rings is 1. The van der Waals surface area contributed by atoms with E-state index in [0.717, 1.165) is 24.2 Å². The Labute approximate surface area is 186 Å². The molecule has 32 heavy (non-hydrogen) atoms. The highest BCUT2D eigenvalue weighted by atomic mass is 16.2. The number of amides is 1. The van der Waals surface area contributed by atoms with E-state index >= 15 is 0 Å². The van der Waals surface area contributed by atoms with Gasteiger partial charge in [-0.15, -0.1) is 0 Å². The van der Waals surface area contributed by atoms with Gasteiger partial charge in [-0.3, -0.25) is 23.6 Å². The fraction of sp³-hybridized carbons (Fsp3) is 0.478. The van der Waals surface area contributed by atoms with Crippen LogP contribution in [0.25, 0.3) is 11.2 Å². The third kappa shape index (κ3) is 4.12. The van der Waals surface area contributed by atoms with Gasteiger partial charge in [0.2, 0.25) is 5.91 Å². The minimum absolute atomic E-state index is 0.0284. The molecule has 0 saturated carbocycles. The van der Waals surface area contributed by atoms with Crippen LogP contribution in [0.5, 0.6) is 0 Å². The van der Waals surface area contributed by atoms with E-state index in [1.165, 1.54) is 29.1 Å². The van der Waals surface area contributed by atoms with E-state index < -0.39 is 11.2 Å². The number of hydrogen-bond donors (Lipinski definition) is 0. The normalized spacial score (nSPS) is 15.1. The number of fused-ring (bicyclic) bond motifs is 1.